The van der Waals surface area contributed by atoms with Crippen LogP contribution in [0.4, 0.5) is 10.1 Å². The number of aryl methyl sites for hydroxylation is 1. The van der Waals surface area contributed by atoms with E-state index < -0.39 is 5.82 Å². The average molecular weight is 423 g/mol. The number of nitrogens with zero attached hydrogens (tertiary/aromatic N) is 2. The molecule has 0 saturated carbocycles. The van der Waals surface area contributed by atoms with Gasteiger partial charge in [0.15, 0.2) is 0 Å². The highest BCUT2D eigenvalue weighted by Gasteiger charge is 2.13. The fourth-order valence-corrected chi connectivity index (χ4v) is 3.67. The third kappa shape index (κ3) is 3.96. The number of anilines is 1. The summed E-state index contributed by atoms with van der Waals surface area (Å²) in [6.07, 6.45) is 2.35. The van der Waals surface area contributed by atoms with E-state index in [2.05, 4.69) is 5.32 Å². The van der Waals surface area contributed by atoms with Crippen LogP contribution in [0.25, 0.3) is 16.6 Å². The number of carbonyl (C=O) groups is 1. The standard InChI is InChI=1S/C23H22FN3O4/c1-30-16-8-10-21(31-2)17(14-16)25-22(28)6-4-12-27-20-13-15(24)7-9-18(20)26-11-3-5-19(26)23(27)29/h3,5,7-11,13-14H,4,6,12H2,1-2H3,(H,25,28). The first-order valence-electron chi connectivity index (χ1n) is 9.83. The molecule has 31 heavy (non-hydrogen) atoms. The number of amides is 1. The fourth-order valence-electron chi connectivity index (χ4n) is 3.67. The maximum absolute atomic E-state index is 13.9. The zero-order valence-corrected chi connectivity index (χ0v) is 17.2. The molecule has 2 aromatic heterocycles. The number of halogens is 1. The maximum atomic E-state index is 13.9. The van der Waals surface area contributed by atoms with Gasteiger partial charge in [-0.15, -0.1) is 0 Å². The molecule has 2 heterocycles. The lowest BCUT2D eigenvalue weighted by molar-refractivity contribution is -0.116. The molecule has 0 radical (unpaired) electrons. The van der Waals surface area contributed by atoms with Crippen LogP contribution in [-0.2, 0) is 11.3 Å². The highest BCUT2D eigenvalue weighted by atomic mass is 19.1. The van der Waals surface area contributed by atoms with Crippen molar-refractivity contribution in [1.82, 2.24) is 8.97 Å². The monoisotopic (exact) mass is 423 g/mol. The van der Waals surface area contributed by atoms with Gasteiger partial charge in [0.2, 0.25) is 5.91 Å². The largest absolute Gasteiger partial charge is 0.497 e. The third-order valence-electron chi connectivity index (χ3n) is 5.17. The van der Waals surface area contributed by atoms with Crippen LogP contribution in [0.3, 0.4) is 0 Å². The molecule has 160 valence electrons. The molecule has 4 rings (SSSR count). The molecule has 0 unspecified atom stereocenters. The molecule has 2 aromatic carbocycles. The van der Waals surface area contributed by atoms with Crippen LogP contribution in [0, 0.1) is 5.82 Å². The van der Waals surface area contributed by atoms with E-state index in [9.17, 15) is 14.0 Å². The number of carbonyl (C=O) groups excluding carboxylic acids is 1. The molecular weight excluding hydrogens is 401 g/mol. The first kappa shape index (κ1) is 20.5. The normalized spacial score (nSPS) is 11.1. The van der Waals surface area contributed by atoms with Crippen molar-refractivity contribution in [2.75, 3.05) is 19.5 Å². The molecule has 0 aliphatic carbocycles. The summed E-state index contributed by atoms with van der Waals surface area (Å²) in [4.78, 5) is 25.4. The van der Waals surface area contributed by atoms with Crippen molar-refractivity contribution in [3.63, 3.8) is 0 Å². The Morgan fingerprint density at radius 2 is 1.87 bits per heavy atom. The van der Waals surface area contributed by atoms with Gasteiger partial charge in [0, 0.05) is 25.2 Å². The Morgan fingerprint density at radius 1 is 1.03 bits per heavy atom. The maximum Gasteiger partial charge on any atom is 0.275 e. The van der Waals surface area contributed by atoms with E-state index in [1.165, 1.54) is 23.8 Å². The van der Waals surface area contributed by atoms with Crippen LogP contribution in [0.1, 0.15) is 12.8 Å². The SMILES string of the molecule is COc1ccc(OC)c(NC(=O)CCCn2c(=O)c3cccn3c3ccc(F)cc32)c1. The molecule has 7 nitrogen and oxygen atoms in total. The molecule has 4 aromatic rings. The summed E-state index contributed by atoms with van der Waals surface area (Å²) >= 11 is 0. The molecular formula is C23H22FN3O4. The molecule has 8 heteroatoms. The lowest BCUT2D eigenvalue weighted by atomic mass is 10.2. The summed E-state index contributed by atoms with van der Waals surface area (Å²) in [7, 11) is 3.06. The smallest absolute Gasteiger partial charge is 0.275 e. The Morgan fingerprint density at radius 3 is 2.65 bits per heavy atom. The van der Waals surface area contributed by atoms with E-state index in [4.69, 9.17) is 9.47 Å². The Hall–Kier alpha value is -3.81. The Labute approximate surface area is 177 Å². The van der Waals surface area contributed by atoms with Crippen molar-refractivity contribution < 1.29 is 18.7 Å². The zero-order valence-electron chi connectivity index (χ0n) is 17.2. The van der Waals surface area contributed by atoms with Gasteiger partial charge in [0.1, 0.15) is 22.8 Å². The van der Waals surface area contributed by atoms with Crippen LogP contribution in [0.2, 0.25) is 0 Å². The first-order chi connectivity index (χ1) is 15.0. The molecule has 0 spiro atoms. The van der Waals surface area contributed by atoms with E-state index in [0.29, 0.717) is 34.6 Å². The Balaban J connectivity index is 1.53. The van der Waals surface area contributed by atoms with E-state index in [1.54, 1.807) is 54.1 Å². The minimum absolute atomic E-state index is 0.176. The molecule has 0 fully saturated rings. The molecule has 1 amide bonds. The third-order valence-corrected chi connectivity index (χ3v) is 5.17. The van der Waals surface area contributed by atoms with Crippen LogP contribution in [0.5, 0.6) is 11.5 Å². The predicted molar refractivity (Wildman–Crippen MR) is 117 cm³/mol. The van der Waals surface area contributed by atoms with Crippen LogP contribution < -0.4 is 20.3 Å². The summed E-state index contributed by atoms with van der Waals surface area (Å²) < 4.78 is 27.6. The van der Waals surface area contributed by atoms with Gasteiger partial charge in [-0.1, -0.05) is 0 Å². The van der Waals surface area contributed by atoms with Crippen LogP contribution in [-0.4, -0.2) is 29.1 Å². The van der Waals surface area contributed by atoms with Crippen LogP contribution in [0.15, 0.2) is 59.5 Å². The van der Waals surface area contributed by atoms with Gasteiger partial charge in [-0.2, -0.15) is 0 Å². The molecule has 0 aliphatic heterocycles. The minimum atomic E-state index is -0.421. The Kier molecular flexibility index (Phi) is 5.62. The van der Waals surface area contributed by atoms with E-state index in [1.807, 2.05) is 0 Å². The van der Waals surface area contributed by atoms with Crippen molar-refractivity contribution in [2.45, 2.75) is 19.4 Å². The number of methoxy groups -OCH3 is 2. The first-order valence-corrected chi connectivity index (χ1v) is 9.83. The number of hydrogen-bond acceptors (Lipinski definition) is 4. The quantitative estimate of drug-likeness (QED) is 0.490. The van der Waals surface area contributed by atoms with Crippen molar-refractivity contribution in [1.29, 1.82) is 0 Å². The van der Waals surface area contributed by atoms with Gasteiger partial charge >= 0.3 is 0 Å². The average Bonchev–Trinajstić information content (AvgIpc) is 3.26. The Bertz CT molecular complexity index is 1330. The second-order valence-corrected chi connectivity index (χ2v) is 7.07. The number of rotatable bonds is 7. The topological polar surface area (TPSA) is 74.0 Å². The fraction of sp³-hybridized carbons (Fsp3) is 0.217. The van der Waals surface area contributed by atoms with Gasteiger partial charge < -0.3 is 23.8 Å². The number of ether oxygens (including phenoxy) is 2. The van der Waals surface area contributed by atoms with E-state index in [-0.39, 0.29) is 24.4 Å². The number of benzene rings is 2. The van der Waals surface area contributed by atoms with Crippen molar-refractivity contribution in [3.05, 3.63) is 70.9 Å². The number of aromatic nitrogens is 2. The predicted octanol–water partition coefficient (Wildman–Crippen LogP) is 3.83. The van der Waals surface area contributed by atoms with Crippen LogP contribution >= 0.6 is 0 Å². The van der Waals surface area contributed by atoms with Gasteiger partial charge in [-0.05, 0) is 48.9 Å². The number of nitrogens with one attached hydrogen (secondary N) is 1. The summed E-state index contributed by atoms with van der Waals surface area (Å²) in [5, 5.41) is 2.81. The molecule has 1 N–H and O–H groups in total. The van der Waals surface area contributed by atoms with Gasteiger partial charge in [0.05, 0.1) is 30.9 Å². The van der Waals surface area contributed by atoms with E-state index in [0.717, 1.165) is 5.52 Å². The van der Waals surface area contributed by atoms with Gasteiger partial charge in [-0.25, -0.2) is 4.39 Å². The number of fused-ring (bicyclic) bond motifs is 3. The molecule has 0 bridgehead atoms. The van der Waals surface area contributed by atoms with Gasteiger partial charge in [0.25, 0.3) is 5.56 Å². The highest BCUT2D eigenvalue weighted by Crippen LogP contribution is 2.29. The minimum Gasteiger partial charge on any atom is -0.497 e. The van der Waals surface area contributed by atoms with Crippen molar-refractivity contribution >= 4 is 28.1 Å². The molecule has 0 saturated heterocycles. The summed E-state index contributed by atoms with van der Waals surface area (Å²) in [5.74, 6) is 0.469. The summed E-state index contributed by atoms with van der Waals surface area (Å²) in [5.41, 5.74) is 2.00. The lowest BCUT2D eigenvalue weighted by Crippen LogP contribution is -2.23. The van der Waals surface area contributed by atoms with Crippen molar-refractivity contribution in [2.24, 2.45) is 0 Å². The highest BCUT2D eigenvalue weighted by molar-refractivity contribution is 5.92. The lowest BCUT2D eigenvalue weighted by Gasteiger charge is -2.14. The summed E-state index contributed by atoms with van der Waals surface area (Å²) in [6, 6.07) is 13.0. The summed E-state index contributed by atoms with van der Waals surface area (Å²) in [6.45, 7) is 0.281. The number of hydrogen-bond donors (Lipinski definition) is 1. The zero-order chi connectivity index (χ0) is 22.0. The molecule has 0 aliphatic rings. The second-order valence-electron chi connectivity index (χ2n) is 7.07. The van der Waals surface area contributed by atoms with Crippen molar-refractivity contribution in [3.8, 4) is 11.5 Å². The molecule has 0 atom stereocenters. The van der Waals surface area contributed by atoms with Gasteiger partial charge in [-0.3, -0.25) is 9.59 Å². The second kappa shape index (κ2) is 8.51. The van der Waals surface area contributed by atoms with E-state index >= 15 is 0 Å².